The van der Waals surface area contributed by atoms with Gasteiger partial charge in [0.05, 0.1) is 17.0 Å². The van der Waals surface area contributed by atoms with E-state index in [2.05, 4.69) is 4.98 Å². The summed E-state index contributed by atoms with van der Waals surface area (Å²) in [6.07, 6.45) is 3.52. The van der Waals surface area contributed by atoms with E-state index in [4.69, 9.17) is 10.1 Å². The Morgan fingerprint density at radius 1 is 0.852 bits per heavy atom. The van der Waals surface area contributed by atoms with Crippen molar-refractivity contribution >= 4 is 5.97 Å². The summed E-state index contributed by atoms with van der Waals surface area (Å²) in [6.45, 7) is 0. The smallest absolute Gasteiger partial charge is 0.335 e. The van der Waals surface area contributed by atoms with Gasteiger partial charge in [0.1, 0.15) is 5.82 Å². The quantitative estimate of drug-likeness (QED) is 0.585. The lowest BCUT2D eigenvalue weighted by Crippen LogP contribution is -1.98. The average molecular weight is 355 g/mol. The highest BCUT2D eigenvalue weighted by molar-refractivity contribution is 5.88. The lowest BCUT2D eigenvalue weighted by Gasteiger charge is -2.08. The van der Waals surface area contributed by atoms with Gasteiger partial charge in [0.2, 0.25) is 0 Å². The van der Waals surface area contributed by atoms with Crippen LogP contribution in [-0.2, 0) is 7.05 Å². The van der Waals surface area contributed by atoms with Crippen LogP contribution in [0.15, 0.2) is 79.1 Å². The Kier molecular flexibility index (Phi) is 4.26. The molecule has 4 aromatic rings. The topological polar surface area (TPSA) is 68.0 Å². The molecule has 0 radical (unpaired) electrons. The third kappa shape index (κ3) is 3.11. The van der Waals surface area contributed by atoms with Crippen LogP contribution in [0.2, 0.25) is 0 Å². The van der Waals surface area contributed by atoms with Gasteiger partial charge in [0, 0.05) is 36.1 Å². The number of rotatable bonds is 4. The van der Waals surface area contributed by atoms with E-state index in [1.807, 2.05) is 54.1 Å². The van der Waals surface area contributed by atoms with E-state index in [0.717, 1.165) is 33.9 Å². The molecular weight excluding hydrogens is 338 g/mol. The van der Waals surface area contributed by atoms with E-state index in [-0.39, 0.29) is 5.56 Å². The Labute approximate surface area is 156 Å². The Morgan fingerprint density at radius 3 is 2.15 bits per heavy atom. The first-order chi connectivity index (χ1) is 13.1. The third-order valence-corrected chi connectivity index (χ3v) is 4.49. The molecule has 0 aliphatic rings. The second kappa shape index (κ2) is 6.88. The lowest BCUT2D eigenvalue weighted by atomic mass is 10.1. The zero-order valence-electron chi connectivity index (χ0n) is 14.7. The average Bonchev–Trinajstić information content (AvgIpc) is 3.06. The van der Waals surface area contributed by atoms with Gasteiger partial charge in [0.25, 0.3) is 0 Å². The zero-order valence-corrected chi connectivity index (χ0v) is 14.7. The van der Waals surface area contributed by atoms with Gasteiger partial charge >= 0.3 is 5.97 Å². The molecule has 0 amide bonds. The number of carboxylic acid groups (broad SMARTS) is 1. The summed E-state index contributed by atoms with van der Waals surface area (Å²) in [5.41, 5.74) is 5.02. The Hall–Kier alpha value is -3.73. The van der Waals surface area contributed by atoms with Crippen molar-refractivity contribution in [3.63, 3.8) is 0 Å². The SMILES string of the molecule is Cn1c(-c2ccc(C(=O)O)cc2)nc(-c2ccccc2)c1-c1ccncc1. The second-order valence-corrected chi connectivity index (χ2v) is 6.18. The summed E-state index contributed by atoms with van der Waals surface area (Å²) >= 11 is 0. The fourth-order valence-electron chi connectivity index (χ4n) is 3.16. The van der Waals surface area contributed by atoms with Crippen LogP contribution < -0.4 is 0 Å². The molecule has 5 nitrogen and oxygen atoms in total. The highest BCUT2D eigenvalue weighted by atomic mass is 16.4. The maximum atomic E-state index is 11.1. The first-order valence-corrected chi connectivity index (χ1v) is 8.51. The predicted octanol–water partition coefficient (Wildman–Crippen LogP) is 4.51. The van der Waals surface area contributed by atoms with Crippen LogP contribution in [0.1, 0.15) is 10.4 Å². The molecule has 0 bridgehead atoms. The molecule has 2 heterocycles. The van der Waals surface area contributed by atoms with Crippen molar-refractivity contribution in [2.45, 2.75) is 0 Å². The van der Waals surface area contributed by atoms with E-state index in [0.29, 0.717) is 0 Å². The maximum Gasteiger partial charge on any atom is 0.335 e. The summed E-state index contributed by atoms with van der Waals surface area (Å²) < 4.78 is 2.04. The molecule has 0 saturated heterocycles. The van der Waals surface area contributed by atoms with E-state index in [1.165, 1.54) is 0 Å². The van der Waals surface area contributed by atoms with Crippen molar-refractivity contribution in [1.82, 2.24) is 14.5 Å². The number of aromatic carboxylic acids is 1. The van der Waals surface area contributed by atoms with E-state index < -0.39 is 5.97 Å². The summed E-state index contributed by atoms with van der Waals surface area (Å²) in [6, 6.07) is 20.7. The molecule has 0 aliphatic carbocycles. The number of aromatic nitrogens is 3. The zero-order chi connectivity index (χ0) is 18.8. The monoisotopic (exact) mass is 355 g/mol. The van der Waals surface area contributed by atoms with E-state index >= 15 is 0 Å². The van der Waals surface area contributed by atoms with Gasteiger partial charge in [0.15, 0.2) is 0 Å². The van der Waals surface area contributed by atoms with Crippen LogP contribution in [0.3, 0.4) is 0 Å². The van der Waals surface area contributed by atoms with Crippen molar-refractivity contribution < 1.29 is 9.90 Å². The molecule has 0 spiro atoms. The van der Waals surface area contributed by atoms with Gasteiger partial charge in [-0.1, -0.05) is 42.5 Å². The van der Waals surface area contributed by atoms with Crippen molar-refractivity contribution in [3.05, 3.63) is 84.7 Å². The second-order valence-electron chi connectivity index (χ2n) is 6.18. The first-order valence-electron chi connectivity index (χ1n) is 8.51. The van der Waals surface area contributed by atoms with Crippen molar-refractivity contribution in [2.24, 2.45) is 7.05 Å². The normalized spacial score (nSPS) is 10.7. The fraction of sp³-hybridized carbons (Fsp3) is 0.0455. The van der Waals surface area contributed by atoms with Gasteiger partial charge in [-0.05, 0) is 24.3 Å². The van der Waals surface area contributed by atoms with Gasteiger partial charge in [-0.15, -0.1) is 0 Å². The number of hydrogen-bond acceptors (Lipinski definition) is 3. The third-order valence-electron chi connectivity index (χ3n) is 4.49. The standard InChI is InChI=1S/C22H17N3O2/c1-25-20(16-11-13-23-14-12-16)19(15-5-3-2-4-6-15)24-21(25)17-7-9-18(10-8-17)22(26)27/h2-14H,1H3,(H,26,27). The van der Waals surface area contributed by atoms with Crippen LogP contribution in [-0.4, -0.2) is 25.6 Å². The number of pyridine rings is 1. The van der Waals surface area contributed by atoms with E-state index in [9.17, 15) is 4.79 Å². The Morgan fingerprint density at radius 2 is 1.52 bits per heavy atom. The molecule has 2 aromatic heterocycles. The summed E-state index contributed by atoms with van der Waals surface area (Å²) in [7, 11) is 1.97. The molecule has 5 heteroatoms. The molecule has 4 rings (SSSR count). The van der Waals surface area contributed by atoms with Gasteiger partial charge in [-0.3, -0.25) is 4.98 Å². The highest BCUT2D eigenvalue weighted by Gasteiger charge is 2.19. The molecule has 0 atom stereocenters. The van der Waals surface area contributed by atoms with Crippen molar-refractivity contribution in [2.75, 3.05) is 0 Å². The van der Waals surface area contributed by atoms with Gasteiger partial charge < -0.3 is 9.67 Å². The first kappa shape index (κ1) is 16.7. The van der Waals surface area contributed by atoms with Gasteiger partial charge in [-0.2, -0.15) is 0 Å². The van der Waals surface area contributed by atoms with Crippen LogP contribution in [0.4, 0.5) is 0 Å². The summed E-state index contributed by atoms with van der Waals surface area (Å²) in [5.74, 6) is -0.165. The number of imidazole rings is 1. The fourth-order valence-corrected chi connectivity index (χ4v) is 3.16. The molecule has 0 fully saturated rings. The maximum absolute atomic E-state index is 11.1. The highest BCUT2D eigenvalue weighted by Crippen LogP contribution is 2.35. The predicted molar refractivity (Wildman–Crippen MR) is 104 cm³/mol. The number of carbonyl (C=O) groups is 1. The van der Waals surface area contributed by atoms with Crippen LogP contribution in [0.5, 0.6) is 0 Å². The van der Waals surface area contributed by atoms with Crippen molar-refractivity contribution in [3.8, 4) is 33.9 Å². The minimum Gasteiger partial charge on any atom is -0.478 e. The molecule has 1 N–H and O–H groups in total. The van der Waals surface area contributed by atoms with Crippen LogP contribution >= 0.6 is 0 Å². The molecule has 0 unspecified atom stereocenters. The number of carboxylic acids is 1. The Balaban J connectivity index is 1.92. The van der Waals surface area contributed by atoms with Crippen LogP contribution in [0.25, 0.3) is 33.9 Å². The summed E-state index contributed by atoms with van der Waals surface area (Å²) in [5, 5.41) is 9.12. The van der Waals surface area contributed by atoms with E-state index in [1.54, 1.807) is 36.7 Å². The number of nitrogens with zero attached hydrogens (tertiary/aromatic N) is 3. The molecular formula is C22H17N3O2. The lowest BCUT2D eigenvalue weighted by molar-refractivity contribution is 0.0697. The largest absolute Gasteiger partial charge is 0.478 e. The molecule has 2 aromatic carbocycles. The Bertz CT molecular complexity index is 1090. The minimum atomic E-state index is -0.941. The van der Waals surface area contributed by atoms with Crippen LogP contribution in [0, 0.1) is 0 Å². The molecule has 27 heavy (non-hydrogen) atoms. The number of benzene rings is 2. The minimum absolute atomic E-state index is 0.255. The van der Waals surface area contributed by atoms with Gasteiger partial charge in [-0.25, -0.2) is 9.78 Å². The molecule has 132 valence electrons. The molecule has 0 aliphatic heterocycles. The number of hydrogen-bond donors (Lipinski definition) is 1. The molecule has 0 saturated carbocycles. The summed E-state index contributed by atoms with van der Waals surface area (Å²) in [4.78, 5) is 20.1. The van der Waals surface area contributed by atoms with Crippen molar-refractivity contribution in [1.29, 1.82) is 0 Å².